The molecule has 0 aromatic carbocycles. The Kier molecular flexibility index (Phi) is 4.72. The summed E-state index contributed by atoms with van der Waals surface area (Å²) in [5, 5.41) is 0. The molecule has 84 valence electrons. The molecule has 0 unspecified atom stereocenters. The van der Waals surface area contributed by atoms with Crippen molar-refractivity contribution in [2.24, 2.45) is 5.73 Å². The van der Waals surface area contributed by atoms with Gasteiger partial charge in [-0.1, -0.05) is 19.9 Å². The number of aromatic nitrogens is 1. The second-order valence-corrected chi connectivity index (χ2v) is 3.88. The average Bonchev–Trinajstić information content (AvgIpc) is 2.30. The van der Waals surface area contributed by atoms with Crippen LogP contribution < -0.4 is 5.73 Å². The van der Waals surface area contributed by atoms with Crippen molar-refractivity contribution in [2.75, 3.05) is 6.61 Å². The number of nitrogens with zero attached hydrogens (tertiary/aromatic N) is 1. The molecule has 0 saturated heterocycles. The Morgan fingerprint density at radius 2 is 2.07 bits per heavy atom. The van der Waals surface area contributed by atoms with Gasteiger partial charge >= 0.3 is 0 Å². The van der Waals surface area contributed by atoms with Gasteiger partial charge < -0.3 is 10.5 Å². The number of pyridine rings is 1. The van der Waals surface area contributed by atoms with E-state index in [-0.39, 0.29) is 5.54 Å². The van der Waals surface area contributed by atoms with Crippen molar-refractivity contribution in [1.29, 1.82) is 0 Å². The van der Waals surface area contributed by atoms with Gasteiger partial charge in [-0.2, -0.15) is 0 Å². The Morgan fingerprint density at radius 3 is 2.60 bits per heavy atom. The van der Waals surface area contributed by atoms with Crippen LogP contribution in [0.1, 0.15) is 32.4 Å². The van der Waals surface area contributed by atoms with Crippen LogP contribution >= 0.6 is 0 Å². The molecule has 3 heteroatoms. The summed E-state index contributed by atoms with van der Waals surface area (Å²) < 4.78 is 5.58. The molecule has 0 spiro atoms. The minimum Gasteiger partial charge on any atom is -0.373 e. The summed E-state index contributed by atoms with van der Waals surface area (Å²) in [5.41, 5.74) is 6.88. The van der Waals surface area contributed by atoms with Gasteiger partial charge in [0, 0.05) is 11.7 Å². The minimum absolute atomic E-state index is 0.186. The van der Waals surface area contributed by atoms with Crippen molar-refractivity contribution in [3.8, 4) is 0 Å². The quantitative estimate of drug-likeness (QED) is 0.779. The van der Waals surface area contributed by atoms with E-state index in [4.69, 9.17) is 10.5 Å². The Hall–Kier alpha value is -0.930. The van der Waals surface area contributed by atoms with Gasteiger partial charge in [-0.05, 0) is 25.0 Å². The van der Waals surface area contributed by atoms with Gasteiger partial charge in [-0.15, -0.1) is 0 Å². The Morgan fingerprint density at radius 1 is 1.33 bits per heavy atom. The molecule has 0 fully saturated rings. The van der Waals surface area contributed by atoms with E-state index in [9.17, 15) is 0 Å². The number of hydrogen-bond acceptors (Lipinski definition) is 3. The van der Waals surface area contributed by atoms with Crippen molar-refractivity contribution >= 4 is 0 Å². The molecular formula is C12H20N2O. The van der Waals surface area contributed by atoms with Crippen molar-refractivity contribution in [3.05, 3.63) is 30.1 Å². The lowest BCUT2D eigenvalue weighted by molar-refractivity contribution is 0.0678. The Bertz CT molecular complexity index is 270. The molecule has 0 bridgehead atoms. The zero-order chi connectivity index (χ0) is 11.1. The third-order valence-corrected chi connectivity index (χ3v) is 2.77. The molecule has 1 aromatic rings. The second kappa shape index (κ2) is 5.83. The fraction of sp³-hybridized carbons (Fsp3) is 0.583. The molecule has 0 aliphatic rings. The van der Waals surface area contributed by atoms with Gasteiger partial charge in [0.05, 0.1) is 18.9 Å². The summed E-state index contributed by atoms with van der Waals surface area (Å²) >= 11 is 0. The van der Waals surface area contributed by atoms with E-state index < -0.39 is 0 Å². The summed E-state index contributed by atoms with van der Waals surface area (Å²) in [5.74, 6) is 0. The van der Waals surface area contributed by atoms with Crippen LogP contribution in [0.5, 0.6) is 0 Å². The number of hydrogen-bond donors (Lipinski definition) is 1. The Labute approximate surface area is 91.7 Å². The molecular weight excluding hydrogens is 188 g/mol. The van der Waals surface area contributed by atoms with Crippen LogP contribution in [-0.2, 0) is 11.3 Å². The summed E-state index contributed by atoms with van der Waals surface area (Å²) in [4.78, 5) is 4.18. The second-order valence-electron chi connectivity index (χ2n) is 3.88. The first kappa shape index (κ1) is 12.1. The van der Waals surface area contributed by atoms with Crippen molar-refractivity contribution < 1.29 is 4.74 Å². The Balaban J connectivity index is 2.33. The molecule has 0 aliphatic carbocycles. The van der Waals surface area contributed by atoms with Crippen molar-refractivity contribution in [1.82, 2.24) is 4.98 Å². The zero-order valence-electron chi connectivity index (χ0n) is 9.57. The first-order valence-electron chi connectivity index (χ1n) is 5.46. The number of rotatable bonds is 6. The average molecular weight is 208 g/mol. The maximum atomic E-state index is 6.12. The monoisotopic (exact) mass is 208 g/mol. The normalized spacial score (nSPS) is 11.7. The predicted octanol–water partition coefficient (Wildman–Crippen LogP) is 2.12. The van der Waals surface area contributed by atoms with E-state index in [0.29, 0.717) is 13.2 Å². The fourth-order valence-electron chi connectivity index (χ4n) is 1.30. The van der Waals surface area contributed by atoms with E-state index in [1.54, 1.807) is 6.20 Å². The van der Waals surface area contributed by atoms with Gasteiger partial charge in [0.25, 0.3) is 0 Å². The van der Waals surface area contributed by atoms with Crippen LogP contribution in [0, 0.1) is 0 Å². The fourth-order valence-corrected chi connectivity index (χ4v) is 1.30. The predicted molar refractivity (Wildman–Crippen MR) is 61.4 cm³/mol. The van der Waals surface area contributed by atoms with Crippen molar-refractivity contribution in [3.63, 3.8) is 0 Å². The first-order chi connectivity index (χ1) is 7.20. The highest BCUT2D eigenvalue weighted by Gasteiger charge is 2.20. The SMILES string of the molecule is CCC(N)(CC)COCc1ccccn1. The first-order valence-corrected chi connectivity index (χ1v) is 5.46. The van der Waals surface area contributed by atoms with E-state index >= 15 is 0 Å². The highest BCUT2D eigenvalue weighted by atomic mass is 16.5. The molecule has 1 aromatic heterocycles. The van der Waals surface area contributed by atoms with Crippen LogP contribution in [0.25, 0.3) is 0 Å². The van der Waals surface area contributed by atoms with Crippen LogP contribution in [0.3, 0.4) is 0 Å². The van der Waals surface area contributed by atoms with E-state index in [1.165, 1.54) is 0 Å². The minimum atomic E-state index is -0.186. The standard InChI is InChI=1S/C12H20N2O/c1-3-12(13,4-2)10-15-9-11-7-5-6-8-14-11/h5-8H,3-4,9-10,13H2,1-2H3. The molecule has 1 heterocycles. The van der Waals surface area contributed by atoms with Gasteiger partial charge in [0.2, 0.25) is 0 Å². The highest BCUT2D eigenvalue weighted by molar-refractivity contribution is 5.01. The summed E-state index contributed by atoms with van der Waals surface area (Å²) in [6.45, 7) is 5.32. The van der Waals surface area contributed by atoms with Crippen LogP contribution in [0.2, 0.25) is 0 Å². The lowest BCUT2D eigenvalue weighted by atomic mass is 9.96. The van der Waals surface area contributed by atoms with Gasteiger partial charge in [-0.3, -0.25) is 4.98 Å². The third kappa shape index (κ3) is 3.98. The maximum Gasteiger partial charge on any atom is 0.0888 e. The lowest BCUT2D eigenvalue weighted by Crippen LogP contribution is -2.43. The maximum absolute atomic E-state index is 6.12. The van der Waals surface area contributed by atoms with E-state index in [2.05, 4.69) is 18.8 Å². The summed E-state index contributed by atoms with van der Waals surface area (Å²) in [7, 11) is 0. The van der Waals surface area contributed by atoms with Crippen LogP contribution in [0.4, 0.5) is 0 Å². The van der Waals surface area contributed by atoms with Crippen LogP contribution in [0.15, 0.2) is 24.4 Å². The molecule has 15 heavy (non-hydrogen) atoms. The summed E-state index contributed by atoms with van der Waals surface area (Å²) in [6, 6.07) is 5.81. The smallest absolute Gasteiger partial charge is 0.0888 e. The molecule has 0 radical (unpaired) electrons. The lowest BCUT2D eigenvalue weighted by Gasteiger charge is -2.26. The van der Waals surface area contributed by atoms with Gasteiger partial charge in [-0.25, -0.2) is 0 Å². The molecule has 0 aliphatic heterocycles. The molecule has 0 atom stereocenters. The van der Waals surface area contributed by atoms with Gasteiger partial charge in [0.1, 0.15) is 0 Å². The van der Waals surface area contributed by atoms with Crippen LogP contribution in [-0.4, -0.2) is 17.1 Å². The molecule has 0 saturated carbocycles. The summed E-state index contributed by atoms with van der Waals surface area (Å²) in [6.07, 6.45) is 3.64. The van der Waals surface area contributed by atoms with E-state index in [1.807, 2.05) is 18.2 Å². The van der Waals surface area contributed by atoms with Gasteiger partial charge in [0.15, 0.2) is 0 Å². The topological polar surface area (TPSA) is 48.1 Å². The van der Waals surface area contributed by atoms with E-state index in [0.717, 1.165) is 18.5 Å². The number of nitrogens with two attached hydrogens (primary N) is 1. The number of ether oxygens (including phenoxy) is 1. The highest BCUT2D eigenvalue weighted by Crippen LogP contribution is 2.12. The molecule has 2 N–H and O–H groups in total. The van der Waals surface area contributed by atoms with Crippen molar-refractivity contribution in [2.45, 2.75) is 38.8 Å². The molecule has 0 amide bonds. The molecule has 1 rings (SSSR count). The largest absolute Gasteiger partial charge is 0.373 e. The third-order valence-electron chi connectivity index (χ3n) is 2.77. The zero-order valence-corrected chi connectivity index (χ0v) is 9.57. The molecule has 3 nitrogen and oxygen atoms in total.